The van der Waals surface area contributed by atoms with E-state index < -0.39 is 11.9 Å². The molecule has 0 fully saturated rings. The van der Waals surface area contributed by atoms with Crippen molar-refractivity contribution in [1.82, 2.24) is 15.0 Å². The number of benzene rings is 2. The highest BCUT2D eigenvalue weighted by Gasteiger charge is 2.47. The number of carbonyl (C=O) groups excluding carboxylic acids is 2. The summed E-state index contributed by atoms with van der Waals surface area (Å²) in [6, 6.07) is 16.9. The van der Waals surface area contributed by atoms with Crippen LogP contribution in [0.1, 0.15) is 17.0 Å². The summed E-state index contributed by atoms with van der Waals surface area (Å²) in [6.07, 6.45) is 7.24. The van der Waals surface area contributed by atoms with Gasteiger partial charge < -0.3 is 4.52 Å². The van der Waals surface area contributed by atoms with E-state index in [1.165, 1.54) is 4.90 Å². The van der Waals surface area contributed by atoms with Crippen molar-refractivity contribution in [1.29, 1.82) is 0 Å². The molecule has 0 radical (unpaired) electrons. The summed E-state index contributed by atoms with van der Waals surface area (Å²) in [5, 5.41) is 4.05. The van der Waals surface area contributed by atoms with E-state index in [4.69, 9.17) is 4.52 Å². The van der Waals surface area contributed by atoms with Gasteiger partial charge in [-0.3, -0.25) is 0 Å². The van der Waals surface area contributed by atoms with E-state index in [0.717, 1.165) is 16.7 Å². The predicted octanol–water partition coefficient (Wildman–Crippen LogP) is 3.90. The Hall–Kier alpha value is -4.13. The maximum atomic E-state index is 13.4. The lowest BCUT2D eigenvalue weighted by molar-refractivity contribution is -0.460. The molecule has 0 spiro atoms. The minimum absolute atomic E-state index is 0.0837. The van der Waals surface area contributed by atoms with Crippen molar-refractivity contribution >= 4 is 17.6 Å². The Balaban J connectivity index is 1.47. The summed E-state index contributed by atoms with van der Waals surface area (Å²) in [7, 11) is 0. The van der Waals surface area contributed by atoms with Crippen LogP contribution in [0.5, 0.6) is 0 Å². The quantitative estimate of drug-likeness (QED) is 0.579. The van der Waals surface area contributed by atoms with Crippen molar-refractivity contribution < 1.29 is 18.7 Å². The number of aryl methyl sites for hydroxylation is 1. The first kappa shape index (κ1) is 19.8. The van der Waals surface area contributed by atoms with Crippen molar-refractivity contribution in [2.75, 3.05) is 0 Å². The molecule has 0 saturated carbocycles. The topological polar surface area (TPSA) is 79.3 Å². The number of fused-ring (bicyclic) bond motifs is 1. The Morgan fingerprint density at radius 3 is 2.59 bits per heavy atom. The van der Waals surface area contributed by atoms with Crippen molar-refractivity contribution in [3.8, 4) is 11.4 Å². The minimum Gasteiger partial charge on any atom is -0.335 e. The fourth-order valence-corrected chi connectivity index (χ4v) is 3.86. The third-order valence-corrected chi connectivity index (χ3v) is 5.56. The number of hydrogen-bond acceptors (Lipinski definition) is 5. The molecule has 1 aliphatic heterocycles. The Morgan fingerprint density at radius 2 is 1.81 bits per heavy atom. The average molecular weight is 425 g/mol. The van der Waals surface area contributed by atoms with Crippen LogP contribution in [0.3, 0.4) is 0 Å². The van der Waals surface area contributed by atoms with E-state index in [1.807, 2.05) is 79.7 Å². The van der Waals surface area contributed by atoms with Crippen LogP contribution in [-0.4, -0.2) is 37.3 Å². The standard InChI is InChI=1S/C25H21N4O3/c1-17-11-13-18(14-12-17)15-29-24(30)20-9-5-6-10-21(20)28(25(29)31)16-22-26-23(27-32-22)19-7-3-2-4-8-19/h2-14,20H,15-16H2,1H3/q+1. The number of imide groups is 1. The van der Waals surface area contributed by atoms with Crippen LogP contribution in [0.2, 0.25) is 0 Å². The Morgan fingerprint density at radius 1 is 1.03 bits per heavy atom. The summed E-state index contributed by atoms with van der Waals surface area (Å²) < 4.78 is 6.97. The highest BCUT2D eigenvalue weighted by molar-refractivity contribution is 6.16. The maximum absolute atomic E-state index is 13.4. The molecule has 1 atom stereocenters. The van der Waals surface area contributed by atoms with Gasteiger partial charge in [-0.05, 0) is 18.6 Å². The number of allylic oxidation sites excluding steroid dienone is 3. The van der Waals surface area contributed by atoms with Crippen molar-refractivity contribution in [3.63, 3.8) is 0 Å². The zero-order valence-corrected chi connectivity index (χ0v) is 17.5. The molecule has 0 bridgehead atoms. The molecule has 5 rings (SSSR count). The largest absolute Gasteiger partial charge is 0.501 e. The molecule has 2 heterocycles. The van der Waals surface area contributed by atoms with Crippen molar-refractivity contribution in [3.05, 3.63) is 95.9 Å². The number of carbonyl (C=O) groups is 2. The van der Waals surface area contributed by atoms with Gasteiger partial charge >= 0.3 is 11.9 Å². The minimum atomic E-state index is -0.528. The summed E-state index contributed by atoms with van der Waals surface area (Å²) in [6.45, 7) is 2.28. The van der Waals surface area contributed by atoms with E-state index in [0.29, 0.717) is 17.4 Å². The fraction of sp³-hybridized carbons (Fsp3) is 0.160. The number of hydrogen-bond donors (Lipinski definition) is 0. The van der Waals surface area contributed by atoms with Crippen LogP contribution < -0.4 is 0 Å². The highest BCUT2D eigenvalue weighted by atomic mass is 16.5. The van der Waals surface area contributed by atoms with Gasteiger partial charge in [-0.25, -0.2) is 4.79 Å². The van der Waals surface area contributed by atoms with Gasteiger partial charge in [0.1, 0.15) is 18.2 Å². The van der Waals surface area contributed by atoms with Crippen LogP contribution in [-0.2, 0) is 17.9 Å². The van der Waals surface area contributed by atoms with Crippen molar-refractivity contribution in [2.45, 2.75) is 20.0 Å². The molecule has 7 nitrogen and oxygen atoms in total. The molecule has 0 N–H and O–H groups in total. The zero-order valence-electron chi connectivity index (χ0n) is 17.5. The molecular formula is C25H21N4O3+. The summed E-state index contributed by atoms with van der Waals surface area (Å²) in [4.78, 5) is 32.3. The summed E-state index contributed by atoms with van der Waals surface area (Å²) in [5.41, 5.74) is 3.45. The smallest absolute Gasteiger partial charge is 0.335 e. The van der Waals surface area contributed by atoms with Crippen molar-refractivity contribution in [2.24, 2.45) is 5.92 Å². The molecule has 7 heteroatoms. The molecule has 0 saturated heterocycles. The molecule has 2 aromatic carbocycles. The second-order valence-electron chi connectivity index (χ2n) is 7.80. The molecule has 1 unspecified atom stereocenters. The summed E-state index contributed by atoms with van der Waals surface area (Å²) in [5.74, 6) is -0.00749. The molecule has 3 amide bonds. The van der Waals surface area contributed by atoms with Gasteiger partial charge in [-0.15, -0.1) is 0 Å². The number of rotatable bonds is 5. The van der Waals surface area contributed by atoms with Gasteiger partial charge in [0.15, 0.2) is 6.54 Å². The summed E-state index contributed by atoms with van der Waals surface area (Å²) >= 11 is 0. The van der Waals surface area contributed by atoms with E-state index in [2.05, 4.69) is 10.1 Å². The third-order valence-electron chi connectivity index (χ3n) is 5.56. The lowest BCUT2D eigenvalue weighted by Crippen LogP contribution is -2.53. The van der Waals surface area contributed by atoms with Crippen LogP contribution in [0.4, 0.5) is 4.79 Å². The zero-order chi connectivity index (χ0) is 22.1. The number of urea groups is 1. The fourth-order valence-electron chi connectivity index (χ4n) is 3.86. The monoisotopic (exact) mass is 425 g/mol. The predicted molar refractivity (Wildman–Crippen MR) is 118 cm³/mol. The van der Waals surface area contributed by atoms with Gasteiger partial charge in [0.25, 0.3) is 5.89 Å². The molecule has 2 aliphatic rings. The molecular weight excluding hydrogens is 404 g/mol. The normalized spacial score (nSPS) is 17.8. The second kappa shape index (κ2) is 8.19. The lowest BCUT2D eigenvalue weighted by Gasteiger charge is -2.26. The first-order valence-corrected chi connectivity index (χ1v) is 10.4. The number of nitrogens with zero attached hydrogens (tertiary/aromatic N) is 4. The Bertz CT molecular complexity index is 1270. The van der Waals surface area contributed by atoms with Gasteiger partial charge in [0, 0.05) is 5.56 Å². The SMILES string of the molecule is Cc1ccc(CN2C(=O)C3C=CC=CC3=[N+](Cc3nc(-c4ccccc4)no3)C2=O)cc1. The van der Waals surface area contributed by atoms with Gasteiger partial charge in [0.05, 0.1) is 0 Å². The number of amides is 3. The van der Waals surface area contributed by atoms with Gasteiger partial charge in [0.2, 0.25) is 5.82 Å². The highest BCUT2D eigenvalue weighted by Crippen LogP contribution is 2.23. The molecule has 158 valence electrons. The van der Waals surface area contributed by atoms with Crippen LogP contribution >= 0.6 is 0 Å². The molecule has 1 aromatic heterocycles. The van der Waals surface area contributed by atoms with E-state index in [9.17, 15) is 9.59 Å². The van der Waals surface area contributed by atoms with Crippen LogP contribution in [0.15, 0.2) is 83.4 Å². The second-order valence-corrected chi connectivity index (χ2v) is 7.80. The van der Waals surface area contributed by atoms with E-state index in [-0.39, 0.29) is 19.0 Å². The average Bonchev–Trinajstić information content (AvgIpc) is 3.30. The van der Waals surface area contributed by atoms with Crippen LogP contribution in [0.25, 0.3) is 11.4 Å². The molecule has 32 heavy (non-hydrogen) atoms. The number of aromatic nitrogens is 2. The first-order valence-electron chi connectivity index (χ1n) is 10.4. The maximum Gasteiger partial charge on any atom is 0.501 e. The van der Waals surface area contributed by atoms with E-state index >= 15 is 0 Å². The van der Waals surface area contributed by atoms with Gasteiger partial charge in [-0.2, -0.15) is 19.3 Å². The van der Waals surface area contributed by atoms with Crippen LogP contribution in [0, 0.1) is 12.8 Å². The molecule has 3 aromatic rings. The van der Waals surface area contributed by atoms with E-state index in [1.54, 1.807) is 10.7 Å². The lowest BCUT2D eigenvalue weighted by atomic mass is 9.94. The Labute approximate surface area is 185 Å². The molecule has 1 aliphatic carbocycles. The van der Waals surface area contributed by atoms with Gasteiger partial charge in [-0.1, -0.05) is 83.5 Å². The Kier molecular flexibility index (Phi) is 5.07. The third kappa shape index (κ3) is 3.69. The first-order chi connectivity index (χ1) is 15.6.